The van der Waals surface area contributed by atoms with Gasteiger partial charge >= 0.3 is 0 Å². The van der Waals surface area contributed by atoms with E-state index in [1.165, 1.54) is 19.3 Å². The van der Waals surface area contributed by atoms with E-state index in [9.17, 15) is 0 Å². The van der Waals surface area contributed by atoms with Crippen molar-refractivity contribution >= 4 is 0 Å². The SMILES string of the molecule is C=C(CC)OCCOC1CC(C)CCC1C(C)C. The van der Waals surface area contributed by atoms with E-state index in [0.29, 0.717) is 25.2 Å². The van der Waals surface area contributed by atoms with Crippen LogP contribution in [0, 0.1) is 17.8 Å². The number of hydrogen-bond acceptors (Lipinski definition) is 2. The molecule has 18 heavy (non-hydrogen) atoms. The highest BCUT2D eigenvalue weighted by molar-refractivity contribution is 4.82. The van der Waals surface area contributed by atoms with Crippen molar-refractivity contribution in [3.05, 3.63) is 12.3 Å². The van der Waals surface area contributed by atoms with E-state index in [1.54, 1.807) is 0 Å². The van der Waals surface area contributed by atoms with Crippen LogP contribution in [0.25, 0.3) is 0 Å². The Kier molecular flexibility index (Phi) is 6.77. The van der Waals surface area contributed by atoms with Crippen molar-refractivity contribution in [2.75, 3.05) is 13.2 Å². The summed E-state index contributed by atoms with van der Waals surface area (Å²) < 4.78 is 11.5. The molecule has 1 aliphatic carbocycles. The van der Waals surface area contributed by atoms with Crippen molar-refractivity contribution in [3.63, 3.8) is 0 Å². The van der Waals surface area contributed by atoms with Gasteiger partial charge in [0.05, 0.1) is 18.5 Å². The predicted molar refractivity (Wildman–Crippen MR) is 76.5 cm³/mol. The molecule has 0 aliphatic heterocycles. The normalized spacial score (nSPS) is 28.4. The minimum atomic E-state index is 0.423. The van der Waals surface area contributed by atoms with Gasteiger partial charge in [0, 0.05) is 6.42 Å². The van der Waals surface area contributed by atoms with E-state index in [1.807, 2.05) is 0 Å². The first-order valence-electron chi connectivity index (χ1n) is 7.46. The summed E-state index contributed by atoms with van der Waals surface area (Å²) in [5.41, 5.74) is 0. The average molecular weight is 254 g/mol. The van der Waals surface area contributed by atoms with Crippen molar-refractivity contribution < 1.29 is 9.47 Å². The van der Waals surface area contributed by atoms with E-state index >= 15 is 0 Å². The van der Waals surface area contributed by atoms with Crippen LogP contribution in [0.3, 0.4) is 0 Å². The zero-order valence-electron chi connectivity index (χ0n) is 12.6. The second-order valence-electron chi connectivity index (χ2n) is 5.98. The van der Waals surface area contributed by atoms with E-state index in [4.69, 9.17) is 9.47 Å². The Bertz CT molecular complexity index is 247. The monoisotopic (exact) mass is 254 g/mol. The van der Waals surface area contributed by atoms with Gasteiger partial charge in [0.15, 0.2) is 0 Å². The Labute approximate surface area is 113 Å². The summed E-state index contributed by atoms with van der Waals surface area (Å²) in [5.74, 6) is 3.09. The third-order valence-corrected chi connectivity index (χ3v) is 4.08. The number of ether oxygens (including phenoxy) is 2. The molecule has 0 radical (unpaired) electrons. The Morgan fingerprint density at radius 2 is 2.00 bits per heavy atom. The molecule has 2 nitrogen and oxygen atoms in total. The first-order chi connectivity index (χ1) is 8.54. The van der Waals surface area contributed by atoms with Crippen molar-refractivity contribution in [1.29, 1.82) is 0 Å². The van der Waals surface area contributed by atoms with Crippen LogP contribution in [0.4, 0.5) is 0 Å². The van der Waals surface area contributed by atoms with E-state index in [0.717, 1.165) is 24.0 Å². The molecule has 1 fully saturated rings. The zero-order valence-corrected chi connectivity index (χ0v) is 12.6. The molecule has 0 spiro atoms. The molecule has 0 amide bonds. The lowest BCUT2D eigenvalue weighted by atomic mass is 9.75. The van der Waals surface area contributed by atoms with Gasteiger partial charge in [-0.15, -0.1) is 0 Å². The zero-order chi connectivity index (χ0) is 13.5. The van der Waals surface area contributed by atoms with Gasteiger partial charge in [-0.2, -0.15) is 0 Å². The van der Waals surface area contributed by atoms with Crippen LogP contribution in [-0.2, 0) is 9.47 Å². The molecule has 0 bridgehead atoms. The van der Waals surface area contributed by atoms with Crippen LogP contribution in [0.15, 0.2) is 12.3 Å². The maximum absolute atomic E-state index is 6.06. The summed E-state index contributed by atoms with van der Waals surface area (Å²) in [5, 5.41) is 0. The van der Waals surface area contributed by atoms with Crippen molar-refractivity contribution in [1.82, 2.24) is 0 Å². The van der Waals surface area contributed by atoms with Gasteiger partial charge in [-0.3, -0.25) is 0 Å². The lowest BCUT2D eigenvalue weighted by molar-refractivity contribution is -0.0523. The summed E-state index contributed by atoms with van der Waals surface area (Å²) in [6.45, 7) is 14.2. The van der Waals surface area contributed by atoms with Crippen LogP contribution in [0.1, 0.15) is 53.4 Å². The molecule has 0 heterocycles. The van der Waals surface area contributed by atoms with E-state index in [-0.39, 0.29) is 0 Å². The molecule has 106 valence electrons. The van der Waals surface area contributed by atoms with Gasteiger partial charge in [0.25, 0.3) is 0 Å². The lowest BCUT2D eigenvalue weighted by Gasteiger charge is -2.37. The largest absolute Gasteiger partial charge is 0.496 e. The van der Waals surface area contributed by atoms with Gasteiger partial charge in [0.1, 0.15) is 6.61 Å². The van der Waals surface area contributed by atoms with Crippen LogP contribution in [0.5, 0.6) is 0 Å². The highest BCUT2D eigenvalue weighted by Crippen LogP contribution is 2.35. The summed E-state index contributed by atoms with van der Waals surface area (Å²) in [6, 6.07) is 0. The molecule has 1 aliphatic rings. The minimum absolute atomic E-state index is 0.423. The third-order valence-electron chi connectivity index (χ3n) is 4.08. The van der Waals surface area contributed by atoms with Crippen LogP contribution in [-0.4, -0.2) is 19.3 Å². The fraction of sp³-hybridized carbons (Fsp3) is 0.875. The lowest BCUT2D eigenvalue weighted by Crippen LogP contribution is -2.35. The standard InChI is InChI=1S/C16H30O2/c1-6-14(5)17-9-10-18-16-11-13(4)7-8-15(16)12(2)3/h12-13,15-16H,5-11H2,1-4H3. The van der Waals surface area contributed by atoms with E-state index in [2.05, 4.69) is 34.3 Å². The quantitative estimate of drug-likeness (QED) is 0.495. The fourth-order valence-corrected chi connectivity index (χ4v) is 2.79. The Morgan fingerprint density at radius 1 is 1.28 bits per heavy atom. The fourth-order valence-electron chi connectivity index (χ4n) is 2.79. The molecule has 0 aromatic carbocycles. The van der Waals surface area contributed by atoms with Crippen molar-refractivity contribution in [2.24, 2.45) is 17.8 Å². The summed E-state index contributed by atoms with van der Waals surface area (Å²) in [7, 11) is 0. The maximum atomic E-state index is 6.06. The minimum Gasteiger partial charge on any atom is -0.496 e. The number of allylic oxidation sites excluding steroid dienone is 1. The second-order valence-corrected chi connectivity index (χ2v) is 5.98. The molecule has 0 aromatic heterocycles. The molecule has 3 unspecified atom stereocenters. The first kappa shape index (κ1) is 15.6. The number of hydrogen-bond donors (Lipinski definition) is 0. The molecule has 1 saturated carbocycles. The van der Waals surface area contributed by atoms with Gasteiger partial charge < -0.3 is 9.47 Å². The van der Waals surface area contributed by atoms with Gasteiger partial charge in [0.2, 0.25) is 0 Å². The molecule has 0 aromatic rings. The molecule has 2 heteroatoms. The smallest absolute Gasteiger partial charge is 0.111 e. The molecule has 0 N–H and O–H groups in total. The number of rotatable bonds is 7. The summed E-state index contributed by atoms with van der Waals surface area (Å²) >= 11 is 0. The molecule has 3 atom stereocenters. The summed E-state index contributed by atoms with van der Waals surface area (Å²) in [6.07, 6.45) is 5.18. The maximum Gasteiger partial charge on any atom is 0.111 e. The Balaban J connectivity index is 2.30. The topological polar surface area (TPSA) is 18.5 Å². The van der Waals surface area contributed by atoms with Crippen LogP contribution >= 0.6 is 0 Å². The molecular weight excluding hydrogens is 224 g/mol. The molecular formula is C16H30O2. The van der Waals surface area contributed by atoms with Crippen LogP contribution < -0.4 is 0 Å². The van der Waals surface area contributed by atoms with Crippen LogP contribution in [0.2, 0.25) is 0 Å². The predicted octanol–water partition coefficient (Wildman–Crippen LogP) is 4.40. The third kappa shape index (κ3) is 5.01. The van der Waals surface area contributed by atoms with Gasteiger partial charge in [-0.1, -0.05) is 40.7 Å². The second kappa shape index (κ2) is 7.83. The Morgan fingerprint density at radius 3 is 2.61 bits per heavy atom. The molecule has 0 saturated heterocycles. The highest BCUT2D eigenvalue weighted by Gasteiger charge is 2.31. The average Bonchev–Trinajstić information content (AvgIpc) is 2.34. The van der Waals surface area contributed by atoms with E-state index < -0.39 is 0 Å². The van der Waals surface area contributed by atoms with Gasteiger partial charge in [-0.05, 0) is 30.6 Å². The van der Waals surface area contributed by atoms with Crippen molar-refractivity contribution in [2.45, 2.75) is 59.5 Å². The molecule has 1 rings (SSSR count). The first-order valence-corrected chi connectivity index (χ1v) is 7.46. The van der Waals surface area contributed by atoms with Gasteiger partial charge in [-0.25, -0.2) is 0 Å². The Hall–Kier alpha value is -0.500. The van der Waals surface area contributed by atoms with Crippen molar-refractivity contribution in [3.8, 4) is 0 Å². The summed E-state index contributed by atoms with van der Waals surface area (Å²) in [4.78, 5) is 0. The highest BCUT2D eigenvalue weighted by atomic mass is 16.5.